The number of ketones is 1. The van der Waals surface area contributed by atoms with Crippen molar-refractivity contribution in [3.05, 3.63) is 81.0 Å². The van der Waals surface area contributed by atoms with Crippen molar-refractivity contribution in [3.8, 4) is 16.8 Å². The number of aryl methyl sites for hydroxylation is 1. The minimum Gasteiger partial charge on any atom is -0.456 e. The van der Waals surface area contributed by atoms with Gasteiger partial charge in [-0.15, -0.1) is 5.10 Å². The summed E-state index contributed by atoms with van der Waals surface area (Å²) in [6.45, 7) is 1.27. The second-order valence-corrected chi connectivity index (χ2v) is 10.3. The van der Waals surface area contributed by atoms with Crippen LogP contribution in [0.2, 0.25) is 5.02 Å². The Hall–Kier alpha value is -4.78. The van der Waals surface area contributed by atoms with Crippen molar-refractivity contribution in [2.75, 3.05) is 11.9 Å². The summed E-state index contributed by atoms with van der Waals surface area (Å²) in [5, 5.41) is 13.6. The fourth-order valence-electron chi connectivity index (χ4n) is 5.23. The standard InChI is InChI=1S/C27H21ClFN7O5/c1-13-6-21(27(40)41-11-22(37)17-7-14-2-5-23(38)32-18(14)10-30-17)36-20(13)8-15(9-24(36)39)25-19(35-12-31-33-34-35)4-3-16(28)26(25)29/h3-4,7-10,12-13,21H,2,5-6,11H2,1H3,(H,32,38). The first kappa shape index (κ1) is 26.4. The van der Waals surface area contributed by atoms with E-state index in [1.807, 2.05) is 6.92 Å². The number of fused-ring (bicyclic) bond motifs is 2. The van der Waals surface area contributed by atoms with Gasteiger partial charge in [0.15, 0.2) is 12.4 Å². The van der Waals surface area contributed by atoms with Crippen LogP contribution in [0.3, 0.4) is 0 Å². The highest BCUT2D eigenvalue weighted by Gasteiger charge is 2.36. The lowest BCUT2D eigenvalue weighted by Crippen LogP contribution is -2.30. The van der Waals surface area contributed by atoms with E-state index >= 15 is 4.39 Å². The predicted octanol–water partition coefficient (Wildman–Crippen LogP) is 3.04. The number of benzene rings is 1. The number of hydrogen-bond donors (Lipinski definition) is 1. The molecule has 0 bridgehead atoms. The number of aromatic nitrogens is 6. The molecule has 0 spiro atoms. The number of hydrogen-bond acceptors (Lipinski definition) is 9. The van der Waals surface area contributed by atoms with Gasteiger partial charge in [-0.2, -0.15) is 4.68 Å². The van der Waals surface area contributed by atoms with E-state index in [1.165, 1.54) is 40.0 Å². The molecule has 12 nitrogen and oxygen atoms in total. The minimum absolute atomic E-state index is 0.0336. The van der Waals surface area contributed by atoms with Crippen LogP contribution in [0, 0.1) is 5.82 Å². The molecule has 3 aromatic heterocycles. The predicted molar refractivity (Wildman–Crippen MR) is 142 cm³/mol. The van der Waals surface area contributed by atoms with Crippen molar-refractivity contribution in [1.29, 1.82) is 0 Å². The molecule has 4 aromatic rings. The Morgan fingerprint density at radius 2 is 2.02 bits per heavy atom. The number of esters is 1. The van der Waals surface area contributed by atoms with E-state index in [4.69, 9.17) is 16.3 Å². The van der Waals surface area contributed by atoms with Gasteiger partial charge in [-0.3, -0.25) is 23.9 Å². The van der Waals surface area contributed by atoms with Crippen LogP contribution in [0.5, 0.6) is 0 Å². The van der Waals surface area contributed by atoms with Crippen molar-refractivity contribution < 1.29 is 23.5 Å². The number of pyridine rings is 2. The number of carbonyl (C=O) groups excluding carboxylic acids is 3. The number of tetrazole rings is 1. The molecule has 1 aromatic carbocycles. The minimum atomic E-state index is -0.968. The number of halogens is 2. The Morgan fingerprint density at radius 1 is 1.20 bits per heavy atom. The second kappa shape index (κ2) is 10.3. The molecule has 2 aliphatic heterocycles. The number of nitrogens with zero attached hydrogens (tertiary/aromatic N) is 6. The van der Waals surface area contributed by atoms with Gasteiger partial charge in [0.05, 0.1) is 22.6 Å². The van der Waals surface area contributed by atoms with Crippen LogP contribution in [-0.2, 0) is 20.7 Å². The van der Waals surface area contributed by atoms with Crippen molar-refractivity contribution in [2.45, 2.75) is 38.1 Å². The molecule has 5 heterocycles. The Bertz CT molecular complexity index is 1790. The highest BCUT2D eigenvalue weighted by Crippen LogP contribution is 2.39. The van der Waals surface area contributed by atoms with Crippen molar-refractivity contribution in [1.82, 2.24) is 29.8 Å². The molecule has 208 valence electrons. The summed E-state index contributed by atoms with van der Waals surface area (Å²) in [6.07, 6.45) is 3.72. The van der Waals surface area contributed by atoms with Crippen LogP contribution in [0.25, 0.3) is 16.8 Å². The number of nitrogens with one attached hydrogen (secondary N) is 1. The summed E-state index contributed by atoms with van der Waals surface area (Å²) in [7, 11) is 0. The third-order valence-electron chi connectivity index (χ3n) is 7.24. The first-order valence-corrected chi connectivity index (χ1v) is 13.1. The highest BCUT2D eigenvalue weighted by molar-refractivity contribution is 6.31. The molecule has 0 aliphatic carbocycles. The molecule has 2 unspecified atom stereocenters. The quantitative estimate of drug-likeness (QED) is 0.269. The number of rotatable bonds is 6. The molecule has 41 heavy (non-hydrogen) atoms. The zero-order valence-electron chi connectivity index (χ0n) is 21.5. The lowest BCUT2D eigenvalue weighted by atomic mass is 9.99. The Morgan fingerprint density at radius 3 is 2.80 bits per heavy atom. The maximum absolute atomic E-state index is 15.3. The molecule has 6 rings (SSSR count). The topological polar surface area (TPSA) is 151 Å². The van der Waals surface area contributed by atoms with Gasteiger partial charge in [0.1, 0.15) is 18.1 Å². The zero-order valence-corrected chi connectivity index (χ0v) is 22.3. The lowest BCUT2D eigenvalue weighted by molar-refractivity contribution is -0.146. The first-order valence-electron chi connectivity index (χ1n) is 12.7. The van der Waals surface area contributed by atoms with E-state index in [2.05, 4.69) is 25.8 Å². The molecule has 1 N–H and O–H groups in total. The molecular formula is C27H21ClFN7O5. The summed E-state index contributed by atoms with van der Waals surface area (Å²) < 4.78 is 23.2. The van der Waals surface area contributed by atoms with Gasteiger partial charge in [0, 0.05) is 23.7 Å². The maximum Gasteiger partial charge on any atom is 0.329 e. The van der Waals surface area contributed by atoms with E-state index in [-0.39, 0.29) is 45.8 Å². The van der Waals surface area contributed by atoms with Crippen molar-refractivity contribution in [3.63, 3.8) is 0 Å². The molecule has 0 radical (unpaired) electrons. The lowest BCUT2D eigenvalue weighted by Gasteiger charge is -2.17. The Balaban J connectivity index is 1.25. The van der Waals surface area contributed by atoms with Crippen LogP contribution in [0.1, 0.15) is 53.5 Å². The van der Waals surface area contributed by atoms with E-state index in [0.29, 0.717) is 24.2 Å². The van der Waals surface area contributed by atoms with Crippen LogP contribution >= 0.6 is 11.6 Å². The second-order valence-electron chi connectivity index (χ2n) is 9.85. The average Bonchev–Trinajstić information content (AvgIpc) is 3.61. The first-order chi connectivity index (χ1) is 19.7. The monoisotopic (exact) mass is 577 g/mol. The van der Waals surface area contributed by atoms with E-state index in [0.717, 1.165) is 5.56 Å². The molecule has 1 amide bonds. The Kier molecular flexibility index (Phi) is 6.66. The molecule has 2 atom stereocenters. The number of anilines is 1. The Labute approximate surface area is 236 Å². The summed E-state index contributed by atoms with van der Waals surface area (Å²) in [5.41, 5.74) is 1.94. The summed E-state index contributed by atoms with van der Waals surface area (Å²) in [4.78, 5) is 54.7. The van der Waals surface area contributed by atoms with E-state index in [9.17, 15) is 19.2 Å². The van der Waals surface area contributed by atoms with Crippen molar-refractivity contribution >= 4 is 34.9 Å². The summed E-state index contributed by atoms with van der Waals surface area (Å²) in [6, 6.07) is 6.35. The molecule has 0 fully saturated rings. The molecule has 0 saturated carbocycles. The molecule has 2 aliphatic rings. The van der Waals surface area contributed by atoms with Gasteiger partial charge in [0.25, 0.3) is 5.56 Å². The number of carbonyl (C=O) groups is 3. The highest BCUT2D eigenvalue weighted by atomic mass is 35.5. The summed E-state index contributed by atoms with van der Waals surface area (Å²) in [5.74, 6) is -2.38. The van der Waals surface area contributed by atoms with Gasteiger partial charge in [0.2, 0.25) is 11.7 Å². The number of ether oxygens (including phenoxy) is 1. The van der Waals surface area contributed by atoms with Crippen LogP contribution < -0.4 is 10.9 Å². The SMILES string of the molecule is CC1CC(C(=O)OCC(=O)c2cc3c(cn2)NC(=O)CC3)n2c1cc(-c1c(-n3cnnn3)ccc(Cl)c1F)cc2=O. The van der Waals surface area contributed by atoms with Crippen LogP contribution in [0.15, 0.2) is 47.7 Å². The van der Waals surface area contributed by atoms with Gasteiger partial charge in [-0.1, -0.05) is 18.5 Å². The van der Waals surface area contributed by atoms with Crippen LogP contribution in [0.4, 0.5) is 10.1 Å². The van der Waals surface area contributed by atoms with Gasteiger partial charge < -0.3 is 10.1 Å². The molecule has 14 heteroatoms. The average molecular weight is 578 g/mol. The normalized spacial score (nSPS) is 17.5. The van der Waals surface area contributed by atoms with Crippen LogP contribution in [-0.4, -0.2) is 54.0 Å². The van der Waals surface area contributed by atoms with Crippen molar-refractivity contribution in [2.24, 2.45) is 0 Å². The van der Waals surface area contributed by atoms with Gasteiger partial charge >= 0.3 is 5.97 Å². The zero-order chi connectivity index (χ0) is 28.8. The third-order valence-corrected chi connectivity index (χ3v) is 7.53. The fraction of sp³-hybridized carbons (Fsp3) is 0.259. The van der Waals surface area contributed by atoms with Gasteiger partial charge in [-0.05, 0) is 64.6 Å². The largest absolute Gasteiger partial charge is 0.456 e. The molecule has 0 saturated heterocycles. The summed E-state index contributed by atoms with van der Waals surface area (Å²) >= 11 is 6.06. The van der Waals surface area contributed by atoms with Gasteiger partial charge in [-0.25, -0.2) is 9.18 Å². The smallest absolute Gasteiger partial charge is 0.329 e. The third kappa shape index (κ3) is 4.78. The van der Waals surface area contributed by atoms with E-state index < -0.39 is 35.8 Å². The molecular weight excluding hydrogens is 557 g/mol. The van der Waals surface area contributed by atoms with E-state index in [1.54, 1.807) is 12.1 Å². The fourth-order valence-corrected chi connectivity index (χ4v) is 5.39. The number of amides is 1. The number of Topliss-reactive ketones (excluding diaryl/α,β-unsaturated/α-hetero) is 1. The maximum atomic E-state index is 15.3.